The van der Waals surface area contributed by atoms with Crippen LogP contribution in [0.15, 0.2) is 54.6 Å². The largest absolute Gasteiger partial charge is 0.487 e. The number of hydrogen-bond donors (Lipinski definition) is 1. The highest BCUT2D eigenvalue weighted by Gasteiger charge is 2.26. The average Bonchev–Trinajstić information content (AvgIpc) is 3.51. The highest BCUT2D eigenvalue weighted by molar-refractivity contribution is 6.31. The van der Waals surface area contributed by atoms with Crippen molar-refractivity contribution in [3.05, 3.63) is 88.0 Å². The molecule has 1 saturated heterocycles. The molecule has 7 rings (SSSR count). The van der Waals surface area contributed by atoms with Gasteiger partial charge >= 0.3 is 5.97 Å². The quantitative estimate of drug-likeness (QED) is 0.272. The van der Waals surface area contributed by atoms with Crippen LogP contribution in [0.1, 0.15) is 39.6 Å². The summed E-state index contributed by atoms with van der Waals surface area (Å²) in [7, 11) is 0. The maximum atomic E-state index is 11.6. The van der Waals surface area contributed by atoms with Crippen molar-refractivity contribution in [2.75, 3.05) is 13.2 Å². The number of hydrogen-bond acceptors (Lipinski definition) is 7. The van der Waals surface area contributed by atoms with E-state index in [-0.39, 0.29) is 18.3 Å². The third-order valence-electron chi connectivity index (χ3n) is 8.01. The Morgan fingerprint density at radius 3 is 2.79 bits per heavy atom. The van der Waals surface area contributed by atoms with Gasteiger partial charge < -0.3 is 23.7 Å². The van der Waals surface area contributed by atoms with E-state index in [1.54, 1.807) is 30.3 Å². The van der Waals surface area contributed by atoms with Crippen LogP contribution in [0.3, 0.4) is 0 Å². The number of imidazole rings is 2. The monoisotopic (exact) mass is 582 g/mol. The number of halogens is 1. The van der Waals surface area contributed by atoms with Crippen LogP contribution in [0.2, 0.25) is 5.02 Å². The standard InChI is InChI=1S/C31H27ClN6O4/c32-23-12-19(14-33)4-5-21(23)18-42-27-3-1-2-25-30(27)35-29-17-36(9-10-37(25)29)16-28-34-24-7-6-20(31(39)40)13-26(24)38(28)15-22-8-11-41-22/h1-7,12-13,22H,8-11,15-18H2,(H,39,40)/t22-/m0/s1. The molecule has 0 unspecified atom stereocenters. The molecule has 0 bridgehead atoms. The normalized spacial score (nSPS) is 16.7. The first kappa shape index (κ1) is 26.5. The molecule has 42 heavy (non-hydrogen) atoms. The predicted octanol–water partition coefficient (Wildman–Crippen LogP) is 4.99. The molecule has 5 aromatic rings. The molecule has 0 aliphatic carbocycles. The van der Waals surface area contributed by atoms with Gasteiger partial charge in [-0.15, -0.1) is 0 Å². The van der Waals surface area contributed by atoms with Gasteiger partial charge in [0.05, 0.1) is 59.5 Å². The molecule has 10 nitrogen and oxygen atoms in total. The summed E-state index contributed by atoms with van der Waals surface area (Å²) in [6.45, 7) is 4.49. The highest BCUT2D eigenvalue weighted by atomic mass is 35.5. The highest BCUT2D eigenvalue weighted by Crippen LogP contribution is 2.31. The summed E-state index contributed by atoms with van der Waals surface area (Å²) < 4.78 is 16.2. The third kappa shape index (κ3) is 4.86. The van der Waals surface area contributed by atoms with E-state index in [9.17, 15) is 9.90 Å². The first-order valence-corrected chi connectivity index (χ1v) is 14.2. The van der Waals surface area contributed by atoms with Gasteiger partial charge in [-0.1, -0.05) is 23.7 Å². The Morgan fingerprint density at radius 2 is 2.02 bits per heavy atom. The molecule has 1 atom stereocenters. The smallest absolute Gasteiger partial charge is 0.335 e. The van der Waals surface area contributed by atoms with Gasteiger partial charge in [0.25, 0.3) is 0 Å². The molecule has 2 aliphatic rings. The summed E-state index contributed by atoms with van der Waals surface area (Å²) in [4.78, 5) is 23.8. The van der Waals surface area contributed by atoms with Crippen LogP contribution in [-0.2, 0) is 37.5 Å². The number of nitrogens with zero attached hydrogens (tertiary/aromatic N) is 6. The number of fused-ring (bicyclic) bond motifs is 4. The molecular weight excluding hydrogens is 556 g/mol. The number of ether oxygens (including phenoxy) is 2. The Morgan fingerprint density at radius 1 is 1.14 bits per heavy atom. The molecule has 212 valence electrons. The predicted molar refractivity (Wildman–Crippen MR) is 155 cm³/mol. The maximum absolute atomic E-state index is 11.6. The molecule has 3 aromatic carbocycles. The summed E-state index contributed by atoms with van der Waals surface area (Å²) in [5, 5.41) is 19.1. The number of benzene rings is 3. The summed E-state index contributed by atoms with van der Waals surface area (Å²) in [6, 6.07) is 18.3. The summed E-state index contributed by atoms with van der Waals surface area (Å²) in [5.74, 6) is 1.56. The van der Waals surface area contributed by atoms with Gasteiger partial charge in [0, 0.05) is 30.3 Å². The van der Waals surface area contributed by atoms with Crippen LogP contribution >= 0.6 is 11.6 Å². The number of nitriles is 1. The fraction of sp³-hybridized carbons (Fsp3) is 0.290. The van der Waals surface area contributed by atoms with Crippen LogP contribution in [0.25, 0.3) is 22.1 Å². The van der Waals surface area contributed by atoms with E-state index in [1.165, 1.54) is 0 Å². The Balaban J connectivity index is 1.13. The van der Waals surface area contributed by atoms with Crippen LogP contribution in [0, 0.1) is 11.3 Å². The zero-order valence-corrected chi connectivity index (χ0v) is 23.4. The molecule has 0 spiro atoms. The van der Waals surface area contributed by atoms with Crippen molar-refractivity contribution in [1.82, 2.24) is 24.0 Å². The first-order valence-electron chi connectivity index (χ1n) is 13.8. The number of carbonyl (C=O) groups is 1. The van der Waals surface area contributed by atoms with E-state index in [4.69, 9.17) is 36.3 Å². The van der Waals surface area contributed by atoms with Crippen LogP contribution in [-0.4, -0.2) is 54.3 Å². The first-order chi connectivity index (χ1) is 20.5. The molecule has 1 fully saturated rings. The van der Waals surface area contributed by atoms with Crippen LogP contribution < -0.4 is 4.74 Å². The van der Waals surface area contributed by atoms with E-state index >= 15 is 0 Å². The van der Waals surface area contributed by atoms with Crippen molar-refractivity contribution < 1.29 is 19.4 Å². The van der Waals surface area contributed by atoms with Gasteiger partial charge in [-0.3, -0.25) is 4.90 Å². The van der Waals surface area contributed by atoms with Gasteiger partial charge in [0.15, 0.2) is 0 Å². The van der Waals surface area contributed by atoms with Gasteiger partial charge in [0.1, 0.15) is 29.5 Å². The third-order valence-corrected chi connectivity index (χ3v) is 8.36. The molecule has 1 N–H and O–H groups in total. The van der Waals surface area contributed by atoms with Crippen LogP contribution in [0.5, 0.6) is 5.75 Å². The molecule has 0 radical (unpaired) electrons. The van der Waals surface area contributed by atoms with Crippen molar-refractivity contribution in [2.45, 2.75) is 45.3 Å². The lowest BCUT2D eigenvalue weighted by molar-refractivity contribution is -0.0592. The summed E-state index contributed by atoms with van der Waals surface area (Å²) >= 11 is 6.36. The fourth-order valence-electron chi connectivity index (χ4n) is 5.66. The number of aromatic carboxylic acids is 1. The van der Waals surface area contributed by atoms with Crippen molar-refractivity contribution in [3.63, 3.8) is 0 Å². The van der Waals surface area contributed by atoms with Crippen molar-refractivity contribution in [3.8, 4) is 11.8 Å². The lowest BCUT2D eigenvalue weighted by Gasteiger charge is -2.30. The molecular formula is C31H27ClN6O4. The minimum absolute atomic E-state index is 0.109. The molecule has 2 aliphatic heterocycles. The summed E-state index contributed by atoms with van der Waals surface area (Å²) in [6.07, 6.45) is 1.09. The number of para-hydroxylation sites is 1. The van der Waals surface area contributed by atoms with Crippen LogP contribution in [0.4, 0.5) is 0 Å². The second-order valence-electron chi connectivity index (χ2n) is 10.6. The lowest BCUT2D eigenvalue weighted by Crippen LogP contribution is -2.35. The van der Waals surface area contributed by atoms with E-state index < -0.39 is 5.97 Å². The summed E-state index contributed by atoms with van der Waals surface area (Å²) in [5.41, 5.74) is 4.97. The van der Waals surface area contributed by atoms with Gasteiger partial charge in [-0.25, -0.2) is 14.8 Å². The number of rotatable bonds is 8. The van der Waals surface area contributed by atoms with Gasteiger partial charge in [-0.2, -0.15) is 5.26 Å². The van der Waals surface area contributed by atoms with E-state index in [1.807, 2.05) is 18.2 Å². The molecule has 0 amide bonds. The number of carboxylic acid groups (broad SMARTS) is 1. The Kier molecular flexibility index (Phi) is 6.78. The molecule has 0 saturated carbocycles. The lowest BCUT2D eigenvalue weighted by atomic mass is 10.1. The van der Waals surface area contributed by atoms with Crippen molar-refractivity contribution >= 4 is 39.6 Å². The van der Waals surface area contributed by atoms with E-state index in [0.29, 0.717) is 36.0 Å². The molecule has 4 heterocycles. The molecule has 2 aromatic heterocycles. The second-order valence-corrected chi connectivity index (χ2v) is 11.1. The second kappa shape index (κ2) is 10.8. The zero-order valence-electron chi connectivity index (χ0n) is 22.7. The van der Waals surface area contributed by atoms with E-state index in [0.717, 1.165) is 65.4 Å². The van der Waals surface area contributed by atoms with Crippen molar-refractivity contribution in [2.24, 2.45) is 0 Å². The Labute approximate surface area is 246 Å². The minimum atomic E-state index is -0.954. The SMILES string of the molecule is N#Cc1ccc(COc2cccc3c2nc2n3CCN(Cc3nc4ccc(C(=O)O)cc4n3C[C@@H]3CCO3)C2)c(Cl)c1. The Hall–Kier alpha value is -4.43. The zero-order chi connectivity index (χ0) is 28.8. The van der Waals surface area contributed by atoms with E-state index in [2.05, 4.69) is 26.2 Å². The fourth-order valence-corrected chi connectivity index (χ4v) is 5.90. The minimum Gasteiger partial charge on any atom is -0.487 e. The molecule has 11 heteroatoms. The van der Waals surface area contributed by atoms with Crippen molar-refractivity contribution in [1.29, 1.82) is 5.26 Å². The van der Waals surface area contributed by atoms with Gasteiger partial charge in [-0.05, 0) is 48.9 Å². The Bertz CT molecular complexity index is 1890. The number of aromatic nitrogens is 4. The topological polar surface area (TPSA) is 118 Å². The van der Waals surface area contributed by atoms with Gasteiger partial charge in [0.2, 0.25) is 0 Å². The number of carboxylic acids is 1. The average molecular weight is 583 g/mol. The maximum Gasteiger partial charge on any atom is 0.335 e.